The van der Waals surface area contributed by atoms with E-state index in [1.165, 1.54) is 0 Å². The van der Waals surface area contributed by atoms with E-state index in [2.05, 4.69) is 0 Å². The van der Waals surface area contributed by atoms with Gasteiger partial charge in [0.25, 0.3) is 0 Å². The molecule has 4 heavy (non-hydrogen) atoms. The molecule has 0 amide bonds. The third-order valence-corrected chi connectivity index (χ3v) is 0. The minimum absolute atomic E-state index is 0. The molecule has 0 N–H and O–H groups in total. The molecule has 0 aliphatic carbocycles. The van der Waals surface area contributed by atoms with Crippen LogP contribution in [0.5, 0.6) is 0 Å². The molecule has 4 heteroatoms. The summed E-state index contributed by atoms with van der Waals surface area (Å²) in [6, 6.07) is 0. The maximum absolute atomic E-state index is 0. The third-order valence-electron chi connectivity index (χ3n) is 0. The van der Waals surface area contributed by atoms with Crippen LogP contribution in [0.15, 0.2) is 0 Å². The van der Waals surface area contributed by atoms with Crippen molar-refractivity contribution in [1.82, 2.24) is 0 Å². The van der Waals surface area contributed by atoms with Crippen molar-refractivity contribution in [3.63, 3.8) is 0 Å². The van der Waals surface area contributed by atoms with Crippen molar-refractivity contribution in [2.24, 2.45) is 0 Å². The molecule has 0 saturated heterocycles. The Hall–Kier alpha value is 2.18. The monoisotopic (exact) mass is 120 g/mol. The second kappa shape index (κ2) is 19.0. The molecule has 1 unspecified atom stereocenters. The molecule has 22 valence electrons. The summed E-state index contributed by atoms with van der Waals surface area (Å²) in [6.45, 7) is 0. The first-order valence-electron chi connectivity index (χ1n) is 0. The van der Waals surface area contributed by atoms with Gasteiger partial charge in [-0.15, -0.1) is 0 Å². The fourth-order valence-corrected chi connectivity index (χ4v) is 0. The fraction of sp³-hybridized carbons (Fsp3) is 0. The van der Waals surface area contributed by atoms with Gasteiger partial charge in [-0.3, -0.25) is 0 Å². The van der Waals surface area contributed by atoms with Crippen LogP contribution < -0.4 is 0 Å². The van der Waals surface area contributed by atoms with Crippen LogP contribution in [0.25, 0.3) is 0 Å². The summed E-state index contributed by atoms with van der Waals surface area (Å²) in [5, 5.41) is 0. The third kappa shape index (κ3) is 8.89. The molecule has 0 bridgehead atoms. The van der Waals surface area contributed by atoms with Crippen molar-refractivity contribution in [3.05, 3.63) is 0 Å². The van der Waals surface area contributed by atoms with Crippen LogP contribution >= 0.6 is 9.90 Å². The molecule has 0 saturated carbocycles. The Kier molecular flexibility index (Phi) is 166. The van der Waals surface area contributed by atoms with Gasteiger partial charge in [0.05, 0.1) is 0 Å². The SMILES string of the molecule is P.[AlH3].[Ca+2].[O-2]. The number of rotatable bonds is 0. The summed E-state index contributed by atoms with van der Waals surface area (Å²) in [6.07, 6.45) is 0. The summed E-state index contributed by atoms with van der Waals surface area (Å²) in [5.41, 5.74) is 0. The molecule has 0 rings (SSSR count). The van der Waals surface area contributed by atoms with E-state index in [4.69, 9.17) is 0 Å². The van der Waals surface area contributed by atoms with Gasteiger partial charge in [-0.25, -0.2) is 0 Å². The average Bonchev–Trinajstić information content (AvgIpc) is 0. The van der Waals surface area contributed by atoms with Crippen molar-refractivity contribution >= 4 is 65.0 Å². The summed E-state index contributed by atoms with van der Waals surface area (Å²) in [7, 11) is 0. The van der Waals surface area contributed by atoms with Crippen LogP contribution in [0.4, 0.5) is 0 Å². The van der Waals surface area contributed by atoms with Crippen LogP contribution in [-0.2, 0) is 5.48 Å². The molecule has 0 heterocycles. The van der Waals surface area contributed by atoms with E-state index in [9.17, 15) is 0 Å². The first-order chi connectivity index (χ1) is 0. The fourth-order valence-electron chi connectivity index (χ4n) is 0. The van der Waals surface area contributed by atoms with Crippen molar-refractivity contribution in [2.75, 3.05) is 0 Å². The van der Waals surface area contributed by atoms with Gasteiger partial charge in [-0.2, -0.15) is 9.90 Å². The minimum atomic E-state index is 0. The van der Waals surface area contributed by atoms with Gasteiger partial charge in [0.2, 0.25) is 0 Å². The standard InChI is InChI=1S/Al.Ca.O.H3P.3H/h;;;1H3;;;/q;+2;-2;;;;. The van der Waals surface area contributed by atoms with Gasteiger partial charge in [0, 0.05) is 0 Å². The Morgan fingerprint density at radius 2 is 1.00 bits per heavy atom. The van der Waals surface area contributed by atoms with Crippen LogP contribution in [0.3, 0.4) is 0 Å². The second-order valence-corrected chi connectivity index (χ2v) is 0. The van der Waals surface area contributed by atoms with E-state index < -0.39 is 0 Å². The quantitative estimate of drug-likeness (QED) is 0.271. The maximum atomic E-state index is 0. The Morgan fingerprint density at radius 1 is 1.00 bits per heavy atom. The molecule has 0 fully saturated rings. The van der Waals surface area contributed by atoms with E-state index >= 15 is 0 Å². The Balaban J connectivity index is 0. The zero-order valence-corrected chi connectivity index (χ0v) is 5.45. The Labute approximate surface area is 69.6 Å². The van der Waals surface area contributed by atoms with Crippen molar-refractivity contribution < 1.29 is 5.48 Å². The predicted molar refractivity (Wildman–Crippen MR) is 27.5 cm³/mol. The summed E-state index contributed by atoms with van der Waals surface area (Å²) < 4.78 is 0. The van der Waals surface area contributed by atoms with Crippen LogP contribution in [0, 0.1) is 0 Å². The smallest absolute Gasteiger partial charge is 2.00 e. The van der Waals surface area contributed by atoms with Gasteiger partial charge in [-0.1, -0.05) is 0 Å². The summed E-state index contributed by atoms with van der Waals surface area (Å²) >= 11 is 0. The number of hydrogen-bond donors (Lipinski definition) is 0. The van der Waals surface area contributed by atoms with E-state index in [0.717, 1.165) is 0 Å². The first kappa shape index (κ1) is 34.9. The average molecular weight is 120 g/mol. The van der Waals surface area contributed by atoms with E-state index in [1.54, 1.807) is 0 Å². The molecule has 0 spiro atoms. The maximum Gasteiger partial charge on any atom is 2.00 e. The molecule has 0 radical (unpaired) electrons. The van der Waals surface area contributed by atoms with Gasteiger partial charge in [-0.05, 0) is 0 Å². The van der Waals surface area contributed by atoms with E-state index in [-0.39, 0.29) is 70.5 Å². The van der Waals surface area contributed by atoms with Gasteiger partial charge < -0.3 is 5.48 Å². The van der Waals surface area contributed by atoms with Crippen molar-refractivity contribution in [1.29, 1.82) is 0 Å². The van der Waals surface area contributed by atoms with Gasteiger partial charge in [0.1, 0.15) is 0 Å². The molecular weight excluding hydrogens is 114 g/mol. The second-order valence-electron chi connectivity index (χ2n) is 0. The number of hydrogen-bond acceptors (Lipinski definition) is 0. The largest absolute Gasteiger partial charge is 2.00 e. The van der Waals surface area contributed by atoms with Crippen LogP contribution in [0.1, 0.15) is 0 Å². The zero-order chi connectivity index (χ0) is 0. The molecule has 1 nitrogen and oxygen atoms in total. The van der Waals surface area contributed by atoms with Crippen molar-refractivity contribution in [3.8, 4) is 0 Å². The first-order valence-corrected chi connectivity index (χ1v) is 0. The molecule has 0 aromatic carbocycles. The topological polar surface area (TPSA) is 28.5 Å². The minimum Gasteiger partial charge on any atom is -2.00 e. The zero-order valence-electron chi connectivity index (χ0n) is 1.82. The van der Waals surface area contributed by atoms with Gasteiger partial charge in [0.15, 0.2) is 17.4 Å². The van der Waals surface area contributed by atoms with E-state index in [1.807, 2.05) is 0 Å². The van der Waals surface area contributed by atoms with Crippen LogP contribution in [-0.4, -0.2) is 55.1 Å². The summed E-state index contributed by atoms with van der Waals surface area (Å²) in [5.74, 6) is 0. The van der Waals surface area contributed by atoms with Crippen molar-refractivity contribution in [2.45, 2.75) is 0 Å². The van der Waals surface area contributed by atoms with Gasteiger partial charge >= 0.3 is 37.7 Å². The van der Waals surface area contributed by atoms with Crippen LogP contribution in [0.2, 0.25) is 0 Å². The molecular formula is H6AlCaOP. The molecule has 1 atom stereocenters. The summed E-state index contributed by atoms with van der Waals surface area (Å²) in [4.78, 5) is 0. The van der Waals surface area contributed by atoms with E-state index in [0.29, 0.717) is 0 Å². The molecule has 0 aromatic rings. The predicted octanol–water partition coefficient (Wildman–Crippen LogP) is -1.63. The molecule has 0 aromatic heterocycles. The Bertz CT molecular complexity index is 8.00. The molecule has 0 aliphatic rings. The normalized spacial score (nSPS) is 0. The Morgan fingerprint density at radius 3 is 1.00 bits per heavy atom. The molecule has 0 aliphatic heterocycles.